The van der Waals surface area contributed by atoms with Crippen molar-refractivity contribution in [3.8, 4) is 12.3 Å². The Morgan fingerprint density at radius 1 is 1.09 bits per heavy atom. The number of hydrogen-bond acceptors (Lipinski definition) is 6. The van der Waals surface area contributed by atoms with E-state index in [1.54, 1.807) is 42.7 Å². The lowest BCUT2D eigenvalue weighted by Gasteiger charge is -2.08. The molecule has 2 aromatic carbocycles. The van der Waals surface area contributed by atoms with Crippen molar-refractivity contribution in [1.29, 1.82) is 0 Å². The first kappa shape index (κ1) is 23.9. The molecular formula is C22H22N2O5S3. The van der Waals surface area contributed by atoms with E-state index in [4.69, 9.17) is 6.42 Å². The highest BCUT2D eigenvalue weighted by Crippen LogP contribution is 2.22. The number of amides is 1. The highest BCUT2D eigenvalue weighted by Gasteiger charge is 2.19. The van der Waals surface area contributed by atoms with Gasteiger partial charge < -0.3 is 4.57 Å². The molecule has 7 nitrogen and oxygen atoms in total. The minimum absolute atomic E-state index is 0.0130. The third-order valence-corrected chi connectivity index (χ3v) is 9.10. The van der Waals surface area contributed by atoms with Crippen LogP contribution in [0.4, 0.5) is 0 Å². The fourth-order valence-electron chi connectivity index (χ4n) is 3.00. The fraction of sp³-hybridized carbons (Fsp3) is 0.273. The standard InChI is InChI=1S/C22H22N2O5S3/c1-5-12-24-19-11-10-18(31(4,26)27)14-20(19)30-22(24)23-21(25)13-16-6-8-17(9-7-16)32(28,29)15(2)3/h1,6-11,14-15H,12-13H2,2-4H3. The van der Waals surface area contributed by atoms with Crippen LogP contribution in [-0.2, 0) is 37.4 Å². The molecule has 0 aliphatic carbocycles. The monoisotopic (exact) mass is 490 g/mol. The van der Waals surface area contributed by atoms with E-state index >= 15 is 0 Å². The second-order valence-corrected chi connectivity index (χ2v) is 13.0. The lowest BCUT2D eigenvalue weighted by atomic mass is 10.1. The zero-order valence-electron chi connectivity index (χ0n) is 17.8. The van der Waals surface area contributed by atoms with Gasteiger partial charge in [0.15, 0.2) is 24.5 Å². The molecule has 0 aliphatic rings. The molecule has 32 heavy (non-hydrogen) atoms. The van der Waals surface area contributed by atoms with Gasteiger partial charge in [0.1, 0.15) is 0 Å². The molecule has 3 aromatic rings. The van der Waals surface area contributed by atoms with Crippen molar-refractivity contribution in [2.75, 3.05) is 6.26 Å². The van der Waals surface area contributed by atoms with Gasteiger partial charge in [0.2, 0.25) is 0 Å². The van der Waals surface area contributed by atoms with E-state index in [2.05, 4.69) is 10.9 Å². The minimum Gasteiger partial charge on any atom is -0.305 e. The number of benzene rings is 2. The van der Waals surface area contributed by atoms with E-state index in [0.29, 0.717) is 20.6 Å². The molecule has 1 aromatic heterocycles. The van der Waals surface area contributed by atoms with Crippen molar-refractivity contribution >= 4 is 47.1 Å². The van der Waals surface area contributed by atoms with Gasteiger partial charge in [-0.2, -0.15) is 4.99 Å². The molecule has 1 amide bonds. The molecule has 0 N–H and O–H groups in total. The SMILES string of the molecule is C#CCn1c(=NC(=O)Cc2ccc(S(=O)(=O)C(C)C)cc2)sc2cc(S(C)(=O)=O)ccc21. The molecule has 0 bridgehead atoms. The Hall–Kier alpha value is -2.74. The molecular weight excluding hydrogens is 468 g/mol. The van der Waals surface area contributed by atoms with E-state index in [-0.39, 0.29) is 22.8 Å². The van der Waals surface area contributed by atoms with Gasteiger partial charge >= 0.3 is 0 Å². The van der Waals surface area contributed by atoms with E-state index in [9.17, 15) is 21.6 Å². The Morgan fingerprint density at radius 2 is 1.72 bits per heavy atom. The number of thiazole rings is 1. The first-order valence-corrected chi connectivity index (χ1v) is 13.9. The highest BCUT2D eigenvalue weighted by atomic mass is 32.2. The zero-order chi connectivity index (χ0) is 23.7. The van der Waals surface area contributed by atoms with Gasteiger partial charge in [-0.15, -0.1) is 6.42 Å². The number of aromatic nitrogens is 1. The van der Waals surface area contributed by atoms with Crippen molar-refractivity contribution in [3.05, 3.63) is 52.8 Å². The van der Waals surface area contributed by atoms with Crippen molar-refractivity contribution in [3.63, 3.8) is 0 Å². The van der Waals surface area contributed by atoms with Gasteiger partial charge in [-0.05, 0) is 49.7 Å². The number of fused-ring (bicyclic) bond motifs is 1. The first-order chi connectivity index (χ1) is 14.9. The Kier molecular flexibility index (Phi) is 6.74. The maximum absolute atomic E-state index is 12.6. The van der Waals surface area contributed by atoms with Gasteiger partial charge in [0.05, 0.1) is 38.2 Å². The number of nitrogens with zero attached hydrogens (tertiary/aromatic N) is 2. The third kappa shape index (κ3) is 5.01. The predicted octanol–water partition coefficient (Wildman–Crippen LogP) is 2.59. The summed E-state index contributed by atoms with van der Waals surface area (Å²) >= 11 is 1.18. The Bertz CT molecular complexity index is 1500. The molecule has 0 unspecified atom stereocenters. The van der Waals surface area contributed by atoms with E-state index < -0.39 is 30.8 Å². The second-order valence-electron chi connectivity index (χ2n) is 7.50. The van der Waals surface area contributed by atoms with Gasteiger partial charge in [0, 0.05) is 6.26 Å². The Labute approximate surface area is 191 Å². The van der Waals surface area contributed by atoms with Gasteiger partial charge in [-0.1, -0.05) is 29.4 Å². The molecule has 1 heterocycles. The normalized spacial score (nSPS) is 12.9. The summed E-state index contributed by atoms with van der Waals surface area (Å²) in [5.41, 5.74) is 1.32. The zero-order valence-corrected chi connectivity index (χ0v) is 20.2. The minimum atomic E-state index is -3.38. The number of hydrogen-bond donors (Lipinski definition) is 0. The summed E-state index contributed by atoms with van der Waals surface area (Å²) in [6.45, 7) is 3.40. The molecule has 3 rings (SSSR count). The molecule has 0 saturated heterocycles. The van der Waals surface area contributed by atoms with Crippen molar-refractivity contribution in [2.45, 2.75) is 41.9 Å². The quantitative estimate of drug-likeness (QED) is 0.494. The lowest BCUT2D eigenvalue weighted by Crippen LogP contribution is -2.17. The maximum atomic E-state index is 12.6. The lowest BCUT2D eigenvalue weighted by molar-refractivity contribution is -0.117. The van der Waals surface area contributed by atoms with Crippen LogP contribution < -0.4 is 4.80 Å². The summed E-state index contributed by atoms with van der Waals surface area (Å²) in [5, 5.41) is -0.534. The average Bonchev–Trinajstić information content (AvgIpc) is 3.04. The van der Waals surface area contributed by atoms with Crippen LogP contribution in [0.15, 0.2) is 57.2 Å². The van der Waals surface area contributed by atoms with Crippen molar-refractivity contribution < 1.29 is 21.6 Å². The van der Waals surface area contributed by atoms with Crippen LogP contribution in [0.5, 0.6) is 0 Å². The smallest absolute Gasteiger partial charge is 0.252 e. The van der Waals surface area contributed by atoms with Crippen LogP contribution in [0.25, 0.3) is 10.2 Å². The van der Waals surface area contributed by atoms with E-state index in [1.807, 2.05) is 0 Å². The van der Waals surface area contributed by atoms with Gasteiger partial charge in [-0.25, -0.2) is 16.8 Å². The Balaban J connectivity index is 1.95. The van der Waals surface area contributed by atoms with Crippen molar-refractivity contribution in [2.24, 2.45) is 4.99 Å². The number of carbonyl (C=O) groups is 1. The Morgan fingerprint density at radius 3 is 2.28 bits per heavy atom. The molecule has 0 spiro atoms. The van der Waals surface area contributed by atoms with Crippen LogP contribution in [0, 0.1) is 12.3 Å². The summed E-state index contributed by atoms with van der Waals surface area (Å²) in [7, 11) is -6.76. The van der Waals surface area contributed by atoms with E-state index in [1.165, 1.54) is 29.5 Å². The van der Waals surface area contributed by atoms with Gasteiger partial charge in [0.25, 0.3) is 5.91 Å². The fourth-order valence-corrected chi connectivity index (χ4v) is 5.87. The number of rotatable bonds is 6. The molecule has 0 saturated carbocycles. The second kappa shape index (κ2) is 9.02. The molecule has 0 fully saturated rings. The van der Waals surface area contributed by atoms with Gasteiger partial charge in [-0.3, -0.25) is 4.79 Å². The van der Waals surface area contributed by atoms with Crippen LogP contribution in [0.1, 0.15) is 19.4 Å². The average molecular weight is 491 g/mol. The molecule has 0 radical (unpaired) electrons. The summed E-state index contributed by atoms with van der Waals surface area (Å²) in [6, 6.07) is 10.9. The van der Waals surface area contributed by atoms with Crippen LogP contribution in [0.3, 0.4) is 0 Å². The van der Waals surface area contributed by atoms with Crippen LogP contribution in [0.2, 0.25) is 0 Å². The van der Waals surface area contributed by atoms with Crippen LogP contribution in [-0.4, -0.2) is 38.8 Å². The third-order valence-electron chi connectivity index (χ3n) is 4.78. The molecule has 168 valence electrons. The maximum Gasteiger partial charge on any atom is 0.252 e. The summed E-state index contributed by atoms with van der Waals surface area (Å²) < 4.78 is 50.5. The largest absolute Gasteiger partial charge is 0.305 e. The van der Waals surface area contributed by atoms with Crippen molar-refractivity contribution in [1.82, 2.24) is 4.57 Å². The topological polar surface area (TPSA) is 103 Å². The molecule has 10 heteroatoms. The van der Waals surface area contributed by atoms with Crippen LogP contribution >= 0.6 is 11.3 Å². The predicted molar refractivity (Wildman–Crippen MR) is 125 cm³/mol. The molecule has 0 aliphatic heterocycles. The number of terminal acetylenes is 1. The van der Waals surface area contributed by atoms with E-state index in [0.717, 1.165) is 6.26 Å². The first-order valence-electron chi connectivity index (χ1n) is 9.61. The summed E-state index contributed by atoms with van der Waals surface area (Å²) in [6.07, 6.45) is 6.58. The number of carbonyl (C=O) groups excluding carboxylic acids is 1. The summed E-state index contributed by atoms with van der Waals surface area (Å²) in [5.74, 6) is 2.10. The highest BCUT2D eigenvalue weighted by molar-refractivity contribution is 7.92. The summed E-state index contributed by atoms with van der Waals surface area (Å²) in [4.78, 5) is 17.5. The number of sulfone groups is 2. The molecule has 0 atom stereocenters.